The van der Waals surface area contributed by atoms with Crippen molar-refractivity contribution >= 4 is 34.2 Å². The Balaban J connectivity index is 1.36. The molecular formula is C25H27N7O2. The van der Waals surface area contributed by atoms with Gasteiger partial charge in [0.1, 0.15) is 23.4 Å². The molecule has 4 aromatic rings. The molecule has 3 aromatic heterocycles. The van der Waals surface area contributed by atoms with E-state index in [4.69, 9.17) is 4.74 Å². The molecule has 0 radical (unpaired) electrons. The third-order valence-electron chi connectivity index (χ3n) is 5.57. The van der Waals surface area contributed by atoms with Gasteiger partial charge in [-0.15, -0.1) is 0 Å². The number of hydrogen-bond acceptors (Lipinski definition) is 6. The molecule has 1 amide bonds. The fourth-order valence-electron chi connectivity index (χ4n) is 3.94. The second-order valence-electron chi connectivity index (χ2n) is 9.25. The summed E-state index contributed by atoms with van der Waals surface area (Å²) in [6.07, 6.45) is 5.79. The maximum atomic E-state index is 12.3. The fourth-order valence-corrected chi connectivity index (χ4v) is 3.94. The minimum absolute atomic E-state index is 0.283. The molecule has 0 unspecified atom stereocenters. The summed E-state index contributed by atoms with van der Waals surface area (Å²) in [7, 11) is 0. The molecule has 0 spiro atoms. The number of rotatable bonds is 4. The minimum Gasteiger partial charge on any atom is -0.444 e. The molecule has 0 bridgehead atoms. The van der Waals surface area contributed by atoms with Crippen LogP contribution in [0.3, 0.4) is 0 Å². The molecule has 0 saturated heterocycles. The van der Waals surface area contributed by atoms with Crippen molar-refractivity contribution in [3.63, 3.8) is 0 Å². The lowest BCUT2D eigenvalue weighted by molar-refractivity contribution is 0.0270. The van der Waals surface area contributed by atoms with Gasteiger partial charge in [-0.05, 0) is 57.0 Å². The summed E-state index contributed by atoms with van der Waals surface area (Å²) in [6, 6.07) is 12.1. The second-order valence-corrected chi connectivity index (χ2v) is 9.25. The molecule has 0 aliphatic carbocycles. The SMILES string of the molecule is CC(C)(C)OC(=O)N1CC=C(c2cc3c(Nc4cccc(-c5ccn[nH]5)c4)ncnc3[nH]2)CC1. The quantitative estimate of drug-likeness (QED) is 0.392. The van der Waals surface area contributed by atoms with Crippen molar-refractivity contribution in [1.29, 1.82) is 0 Å². The lowest BCUT2D eigenvalue weighted by Gasteiger charge is -2.29. The second kappa shape index (κ2) is 8.66. The number of hydrogen-bond donors (Lipinski definition) is 3. The normalized spacial score (nSPS) is 14.2. The van der Waals surface area contributed by atoms with Gasteiger partial charge in [0.25, 0.3) is 0 Å². The molecule has 3 N–H and O–H groups in total. The number of fused-ring (bicyclic) bond motifs is 1. The maximum Gasteiger partial charge on any atom is 0.410 e. The highest BCUT2D eigenvalue weighted by Gasteiger charge is 2.24. The zero-order chi connectivity index (χ0) is 23.7. The van der Waals surface area contributed by atoms with Gasteiger partial charge in [-0.25, -0.2) is 14.8 Å². The van der Waals surface area contributed by atoms with Gasteiger partial charge in [-0.3, -0.25) is 5.10 Å². The molecule has 1 aliphatic heterocycles. The Morgan fingerprint density at radius 1 is 1.15 bits per heavy atom. The first-order valence-corrected chi connectivity index (χ1v) is 11.2. The average Bonchev–Trinajstić information content (AvgIpc) is 3.49. The Kier molecular flexibility index (Phi) is 5.53. The molecule has 5 rings (SSSR count). The Labute approximate surface area is 197 Å². The van der Waals surface area contributed by atoms with Crippen LogP contribution in [0.15, 0.2) is 55.0 Å². The number of carbonyl (C=O) groups is 1. The van der Waals surface area contributed by atoms with E-state index in [1.807, 2.05) is 51.1 Å². The zero-order valence-corrected chi connectivity index (χ0v) is 19.4. The molecule has 0 atom stereocenters. The Morgan fingerprint density at radius 2 is 2.03 bits per heavy atom. The molecular weight excluding hydrogens is 430 g/mol. The van der Waals surface area contributed by atoms with E-state index < -0.39 is 5.60 Å². The van der Waals surface area contributed by atoms with Crippen LogP contribution < -0.4 is 5.32 Å². The zero-order valence-electron chi connectivity index (χ0n) is 19.4. The van der Waals surface area contributed by atoms with Crippen LogP contribution in [0, 0.1) is 0 Å². The van der Waals surface area contributed by atoms with Crippen molar-refractivity contribution in [1.82, 2.24) is 30.0 Å². The van der Waals surface area contributed by atoms with Crippen molar-refractivity contribution in [3.05, 3.63) is 60.7 Å². The van der Waals surface area contributed by atoms with Crippen LogP contribution in [0.25, 0.3) is 27.9 Å². The van der Waals surface area contributed by atoms with Crippen LogP contribution in [-0.2, 0) is 4.74 Å². The van der Waals surface area contributed by atoms with Gasteiger partial charge in [0, 0.05) is 36.2 Å². The van der Waals surface area contributed by atoms with Gasteiger partial charge < -0.3 is 19.9 Å². The number of aromatic amines is 2. The highest BCUT2D eigenvalue weighted by Crippen LogP contribution is 2.30. The Morgan fingerprint density at radius 3 is 2.76 bits per heavy atom. The summed E-state index contributed by atoms with van der Waals surface area (Å²) in [4.78, 5) is 26.3. The predicted octanol–water partition coefficient (Wildman–Crippen LogP) is 5.12. The topological polar surface area (TPSA) is 112 Å². The van der Waals surface area contributed by atoms with Gasteiger partial charge in [-0.1, -0.05) is 18.2 Å². The number of nitrogens with one attached hydrogen (secondary N) is 3. The summed E-state index contributed by atoms with van der Waals surface area (Å²) < 4.78 is 5.49. The van der Waals surface area contributed by atoms with Crippen molar-refractivity contribution in [2.24, 2.45) is 0 Å². The maximum absolute atomic E-state index is 12.3. The van der Waals surface area contributed by atoms with Crippen molar-refractivity contribution in [2.45, 2.75) is 32.8 Å². The number of amides is 1. The van der Waals surface area contributed by atoms with E-state index >= 15 is 0 Å². The molecule has 34 heavy (non-hydrogen) atoms. The van der Waals surface area contributed by atoms with E-state index in [-0.39, 0.29) is 6.09 Å². The van der Waals surface area contributed by atoms with E-state index in [1.54, 1.807) is 17.4 Å². The van der Waals surface area contributed by atoms with E-state index in [9.17, 15) is 4.79 Å². The number of carbonyl (C=O) groups excluding carboxylic acids is 1. The van der Waals surface area contributed by atoms with E-state index in [0.29, 0.717) is 13.1 Å². The number of ether oxygens (including phenoxy) is 1. The number of benzene rings is 1. The van der Waals surface area contributed by atoms with Crippen LogP contribution in [-0.4, -0.2) is 54.8 Å². The van der Waals surface area contributed by atoms with Gasteiger partial charge >= 0.3 is 6.09 Å². The molecule has 1 aromatic carbocycles. The number of anilines is 2. The largest absolute Gasteiger partial charge is 0.444 e. The molecule has 9 heteroatoms. The lowest BCUT2D eigenvalue weighted by Crippen LogP contribution is -2.39. The first kappa shape index (κ1) is 21.7. The van der Waals surface area contributed by atoms with Crippen LogP contribution in [0.2, 0.25) is 0 Å². The molecule has 174 valence electrons. The summed E-state index contributed by atoms with van der Waals surface area (Å²) >= 11 is 0. The van der Waals surface area contributed by atoms with Crippen LogP contribution in [0.1, 0.15) is 32.9 Å². The smallest absolute Gasteiger partial charge is 0.410 e. The first-order valence-electron chi connectivity index (χ1n) is 11.2. The lowest BCUT2D eigenvalue weighted by atomic mass is 10.1. The van der Waals surface area contributed by atoms with Crippen molar-refractivity contribution in [3.8, 4) is 11.3 Å². The average molecular weight is 458 g/mol. The molecule has 0 saturated carbocycles. The highest BCUT2D eigenvalue weighted by molar-refractivity contribution is 5.92. The third-order valence-corrected chi connectivity index (χ3v) is 5.57. The van der Waals surface area contributed by atoms with Crippen LogP contribution in [0.4, 0.5) is 16.3 Å². The monoisotopic (exact) mass is 457 g/mol. The number of aromatic nitrogens is 5. The van der Waals surface area contributed by atoms with Gasteiger partial charge in [-0.2, -0.15) is 5.10 Å². The summed E-state index contributed by atoms with van der Waals surface area (Å²) in [5, 5.41) is 11.3. The summed E-state index contributed by atoms with van der Waals surface area (Å²) in [6.45, 7) is 6.74. The summed E-state index contributed by atoms with van der Waals surface area (Å²) in [5.74, 6) is 0.723. The standard InChI is InChI=1S/C25H27N7O2/c1-25(2,3)34-24(33)32-11-8-16(9-12-32)21-14-19-22(26-15-27-23(19)30-21)29-18-6-4-5-17(13-18)20-7-10-28-31-20/h4-8,10,13-15H,9,11-12H2,1-3H3,(H,28,31)(H2,26,27,29,30). The Bertz CT molecular complexity index is 1350. The molecule has 1 aliphatic rings. The molecule has 9 nitrogen and oxygen atoms in total. The van der Waals surface area contributed by atoms with Gasteiger partial charge in [0.15, 0.2) is 0 Å². The fraction of sp³-hybridized carbons (Fsp3) is 0.280. The number of nitrogens with zero attached hydrogens (tertiary/aromatic N) is 4. The van der Waals surface area contributed by atoms with Crippen molar-refractivity contribution < 1.29 is 9.53 Å². The van der Waals surface area contributed by atoms with Crippen molar-refractivity contribution in [2.75, 3.05) is 18.4 Å². The van der Waals surface area contributed by atoms with Gasteiger partial charge in [0.05, 0.1) is 11.1 Å². The number of H-pyrrole nitrogens is 2. The van der Waals surface area contributed by atoms with Crippen LogP contribution in [0.5, 0.6) is 0 Å². The van der Waals surface area contributed by atoms with Gasteiger partial charge in [0.2, 0.25) is 0 Å². The molecule has 0 fully saturated rings. The van der Waals surface area contributed by atoms with Crippen LogP contribution >= 0.6 is 0 Å². The minimum atomic E-state index is -0.502. The first-order chi connectivity index (χ1) is 16.4. The molecule has 4 heterocycles. The van der Waals surface area contributed by atoms with E-state index in [2.05, 4.69) is 42.6 Å². The highest BCUT2D eigenvalue weighted by atomic mass is 16.6. The predicted molar refractivity (Wildman–Crippen MR) is 132 cm³/mol. The third kappa shape index (κ3) is 4.63. The van der Waals surface area contributed by atoms with E-state index in [1.165, 1.54) is 0 Å². The van der Waals surface area contributed by atoms with E-state index in [0.717, 1.165) is 51.5 Å². The Hall–Kier alpha value is -4.14. The summed E-state index contributed by atoms with van der Waals surface area (Å²) in [5.41, 5.74) is 5.28.